The van der Waals surface area contributed by atoms with Gasteiger partial charge in [-0.05, 0) is 0 Å². The summed E-state index contributed by atoms with van der Waals surface area (Å²) in [4.78, 5) is 0. The zero-order chi connectivity index (χ0) is 38.9. The molecule has 0 fully saturated rings. The summed E-state index contributed by atoms with van der Waals surface area (Å²) < 4.78 is 367. The second-order valence-electron chi connectivity index (χ2n) is 8.65. The molecule has 0 aromatic carbocycles. The van der Waals surface area contributed by atoms with Gasteiger partial charge in [0.2, 0.25) is 0 Å². The Labute approximate surface area is 244 Å². The van der Waals surface area contributed by atoms with Crippen LogP contribution in [0.4, 0.5) is 119 Å². The van der Waals surface area contributed by atoms with Crippen LogP contribution in [0.3, 0.4) is 0 Å². The molecular weight excluding hydrogens is 872 g/mol. The first-order valence-corrected chi connectivity index (χ1v) is 15.7. The molecule has 47 heavy (non-hydrogen) atoms. The summed E-state index contributed by atoms with van der Waals surface area (Å²) in [6.45, 7) is 1.69. The van der Waals surface area contributed by atoms with Gasteiger partial charge in [-0.2, -0.15) is 0 Å². The first-order chi connectivity index (χ1) is 19.8. The van der Waals surface area contributed by atoms with Gasteiger partial charge in [0.15, 0.2) is 0 Å². The van der Waals surface area contributed by atoms with E-state index in [1.54, 1.807) is 0 Å². The fourth-order valence-corrected chi connectivity index (χ4v) is 13.3. The first-order valence-electron chi connectivity index (χ1n) is 10.1. The quantitative estimate of drug-likeness (QED) is 0.138. The van der Waals surface area contributed by atoms with Crippen molar-refractivity contribution in [3.63, 3.8) is 0 Å². The summed E-state index contributed by atoms with van der Waals surface area (Å²) >= 11 is -11.5. The number of hydrogen-bond acceptors (Lipinski definition) is 3. The summed E-state index contributed by atoms with van der Waals surface area (Å²) in [6, 6.07) is 0. The van der Waals surface area contributed by atoms with Crippen LogP contribution in [-0.2, 0) is 9.22 Å². The maximum atomic E-state index is 13.5. The van der Waals surface area contributed by atoms with E-state index in [0.29, 0.717) is 0 Å². The van der Waals surface area contributed by atoms with Crippen LogP contribution in [0.2, 0.25) is 4.44 Å². The number of allylic oxidation sites excluding steroid dienone is 1. The van der Waals surface area contributed by atoms with Crippen LogP contribution >= 0.6 is 0 Å². The second kappa shape index (κ2) is 12.1. The van der Waals surface area contributed by atoms with Crippen molar-refractivity contribution in [2.45, 2.75) is 83.8 Å². The molecular formula is C16H7F27O3Sn. The monoisotopic (exact) mass is 880 g/mol. The molecule has 0 aliphatic carbocycles. The fourth-order valence-electron chi connectivity index (χ4n) is 3.21. The zero-order valence-electron chi connectivity index (χ0n) is 20.8. The summed E-state index contributed by atoms with van der Waals surface area (Å²) in [6.07, 6.45) is -78.2. The Kier molecular flexibility index (Phi) is 11.7. The van der Waals surface area contributed by atoms with Crippen molar-refractivity contribution in [1.82, 2.24) is 0 Å². The van der Waals surface area contributed by atoms with Gasteiger partial charge in [0, 0.05) is 0 Å². The molecule has 31 heteroatoms. The molecule has 0 N–H and O–H groups in total. The van der Waals surface area contributed by atoms with Crippen LogP contribution in [-0.4, -0.2) is 92.0 Å². The fraction of sp³-hybridized carbons (Fsp3) is 0.875. The Morgan fingerprint density at radius 2 is 0.489 bits per heavy atom. The molecule has 0 amide bonds. The predicted molar refractivity (Wildman–Crippen MR) is 91.3 cm³/mol. The molecule has 0 saturated heterocycles. The molecule has 0 bridgehead atoms. The van der Waals surface area contributed by atoms with Crippen LogP contribution in [0, 0.1) is 0 Å². The molecule has 0 spiro atoms. The van der Waals surface area contributed by atoms with Gasteiger partial charge in [-0.1, -0.05) is 0 Å². The second-order valence-corrected chi connectivity index (χ2v) is 15.3. The minimum atomic E-state index is -11.5. The SMILES string of the molecule is C=C(C)[CH2][Sn]([O]C(C(F)(F)F)(C(F)(F)F)C(F)(F)F)([O]C(C(F)(F)F)(C(F)(F)F)C(F)(F)F)[O]C(C(F)(F)F)(C(F)(F)F)C(F)(F)F. The average molecular weight is 879 g/mol. The van der Waals surface area contributed by atoms with Crippen molar-refractivity contribution in [2.24, 2.45) is 0 Å². The first kappa shape index (κ1) is 45.5. The Balaban J connectivity index is 9.34. The Morgan fingerprint density at radius 3 is 0.574 bits per heavy atom. The van der Waals surface area contributed by atoms with E-state index in [1.807, 2.05) is 9.22 Å². The zero-order valence-corrected chi connectivity index (χ0v) is 23.7. The summed E-state index contributed by atoms with van der Waals surface area (Å²) in [5, 5.41) is 0. The number of hydrogen-bond donors (Lipinski definition) is 0. The van der Waals surface area contributed by atoms with Crippen LogP contribution < -0.4 is 0 Å². The van der Waals surface area contributed by atoms with Gasteiger partial charge in [-0.15, -0.1) is 0 Å². The minimum absolute atomic E-state index is 0.384. The van der Waals surface area contributed by atoms with E-state index in [1.165, 1.54) is 0 Å². The Bertz CT molecular complexity index is 869. The molecule has 3 nitrogen and oxygen atoms in total. The van der Waals surface area contributed by atoms with Crippen molar-refractivity contribution >= 4 is 19.6 Å². The predicted octanol–water partition coefficient (Wildman–Crippen LogP) is 9.83. The Hall–Kier alpha value is -1.47. The van der Waals surface area contributed by atoms with Crippen molar-refractivity contribution in [3.05, 3.63) is 12.2 Å². The maximum absolute atomic E-state index is 13.5. The van der Waals surface area contributed by atoms with E-state index in [0.717, 1.165) is 0 Å². The molecule has 0 aliphatic rings. The van der Waals surface area contributed by atoms with Gasteiger partial charge < -0.3 is 0 Å². The molecule has 0 aromatic heterocycles. The molecule has 0 atom stereocenters. The van der Waals surface area contributed by atoms with Crippen molar-refractivity contribution in [3.8, 4) is 0 Å². The van der Waals surface area contributed by atoms with Gasteiger partial charge in [-0.3, -0.25) is 0 Å². The number of halogens is 27. The molecule has 0 rings (SSSR count). The van der Waals surface area contributed by atoms with Crippen LogP contribution in [0.15, 0.2) is 12.2 Å². The normalized spacial score (nSPS) is 16.5. The van der Waals surface area contributed by atoms with Gasteiger partial charge >= 0.3 is 243 Å². The van der Waals surface area contributed by atoms with Crippen LogP contribution in [0.25, 0.3) is 0 Å². The van der Waals surface area contributed by atoms with E-state index in [2.05, 4.69) is 6.58 Å². The van der Waals surface area contributed by atoms with Gasteiger partial charge in [0.1, 0.15) is 0 Å². The third-order valence-corrected chi connectivity index (χ3v) is 13.3. The van der Waals surface area contributed by atoms with E-state index in [4.69, 9.17) is 0 Å². The summed E-state index contributed by atoms with van der Waals surface area (Å²) in [5.74, 6) is 0. The van der Waals surface area contributed by atoms with Crippen LogP contribution in [0.5, 0.6) is 0 Å². The number of rotatable bonds is 8. The van der Waals surface area contributed by atoms with E-state index < -0.39 is 102 Å². The van der Waals surface area contributed by atoms with E-state index >= 15 is 0 Å². The van der Waals surface area contributed by atoms with Crippen molar-refractivity contribution in [1.29, 1.82) is 0 Å². The summed E-state index contributed by atoms with van der Waals surface area (Å²) in [5.41, 5.74) is -28.7. The molecule has 282 valence electrons. The van der Waals surface area contributed by atoms with E-state index in [9.17, 15) is 119 Å². The summed E-state index contributed by atoms with van der Waals surface area (Å²) in [7, 11) is 0. The van der Waals surface area contributed by atoms with Gasteiger partial charge in [0.25, 0.3) is 0 Å². The molecule has 0 heterocycles. The van der Waals surface area contributed by atoms with Gasteiger partial charge in [0.05, 0.1) is 0 Å². The molecule has 0 aromatic rings. The van der Waals surface area contributed by atoms with Crippen LogP contribution in [0.1, 0.15) is 6.92 Å². The average Bonchev–Trinajstić information content (AvgIpc) is 2.65. The Morgan fingerprint density at radius 1 is 0.362 bits per heavy atom. The third kappa shape index (κ3) is 7.66. The topological polar surface area (TPSA) is 27.7 Å². The molecule has 0 radical (unpaired) electrons. The number of alkyl halides is 27. The van der Waals surface area contributed by atoms with Crippen molar-refractivity contribution in [2.75, 3.05) is 0 Å². The molecule has 0 aliphatic heterocycles. The van der Waals surface area contributed by atoms with Gasteiger partial charge in [-0.25, -0.2) is 0 Å². The third-order valence-electron chi connectivity index (χ3n) is 5.04. The molecule has 0 saturated carbocycles. The van der Waals surface area contributed by atoms with E-state index in [-0.39, 0.29) is 6.92 Å². The van der Waals surface area contributed by atoms with Crippen molar-refractivity contribution < 1.29 is 128 Å². The molecule has 0 unspecified atom stereocenters. The standard InChI is InChI=1S/3C4F9O.C4H7.Sn/c3*5-2(6,7)1(14,3(8,9)10)4(11,12)13;1-4(2)3;/h;;;1-2H2,3H3;/q3*-1;;+3.